The standard InChI is InChI=1S/C11H15ClN2O/c1-8-4-9(5-10(12)14-8)6-11(15)2-3-13-7-11/h4-5,13,15H,2-3,6-7H2,1H3. The smallest absolute Gasteiger partial charge is 0.129 e. The van der Waals surface area contributed by atoms with E-state index < -0.39 is 5.60 Å². The molecule has 1 aromatic heterocycles. The molecule has 1 aromatic rings. The Morgan fingerprint density at radius 2 is 2.40 bits per heavy atom. The van der Waals surface area contributed by atoms with Crippen LogP contribution in [0.15, 0.2) is 12.1 Å². The lowest BCUT2D eigenvalue weighted by Gasteiger charge is -2.21. The van der Waals surface area contributed by atoms with E-state index in [1.54, 1.807) is 0 Å². The second kappa shape index (κ2) is 4.08. The summed E-state index contributed by atoms with van der Waals surface area (Å²) in [7, 11) is 0. The van der Waals surface area contributed by atoms with Crippen LogP contribution in [-0.2, 0) is 6.42 Å². The summed E-state index contributed by atoms with van der Waals surface area (Å²) in [5, 5.41) is 13.9. The van der Waals surface area contributed by atoms with Gasteiger partial charge in [0.15, 0.2) is 0 Å². The highest BCUT2D eigenvalue weighted by molar-refractivity contribution is 6.29. The maximum absolute atomic E-state index is 10.2. The Morgan fingerprint density at radius 3 is 3.00 bits per heavy atom. The van der Waals surface area contributed by atoms with Crippen LogP contribution in [0.3, 0.4) is 0 Å². The number of rotatable bonds is 2. The monoisotopic (exact) mass is 226 g/mol. The lowest BCUT2D eigenvalue weighted by atomic mass is 9.94. The van der Waals surface area contributed by atoms with E-state index in [-0.39, 0.29) is 0 Å². The Labute approximate surface area is 94.5 Å². The number of pyridine rings is 1. The van der Waals surface area contributed by atoms with Gasteiger partial charge in [0.25, 0.3) is 0 Å². The largest absolute Gasteiger partial charge is 0.388 e. The maximum Gasteiger partial charge on any atom is 0.129 e. The van der Waals surface area contributed by atoms with Crippen molar-refractivity contribution in [3.63, 3.8) is 0 Å². The minimum Gasteiger partial charge on any atom is -0.388 e. The molecule has 0 aromatic carbocycles. The van der Waals surface area contributed by atoms with Crippen LogP contribution in [-0.4, -0.2) is 28.8 Å². The molecule has 3 nitrogen and oxygen atoms in total. The van der Waals surface area contributed by atoms with Gasteiger partial charge in [-0.05, 0) is 37.6 Å². The molecule has 0 aliphatic carbocycles. The van der Waals surface area contributed by atoms with Gasteiger partial charge in [0.1, 0.15) is 5.15 Å². The van der Waals surface area contributed by atoms with Crippen molar-refractivity contribution in [1.29, 1.82) is 0 Å². The molecule has 1 aliphatic rings. The summed E-state index contributed by atoms with van der Waals surface area (Å²) in [4.78, 5) is 4.10. The number of hydrogen-bond donors (Lipinski definition) is 2. The second-order valence-electron chi connectivity index (χ2n) is 4.27. The van der Waals surface area contributed by atoms with Gasteiger partial charge in [-0.25, -0.2) is 4.98 Å². The Balaban J connectivity index is 2.16. The van der Waals surface area contributed by atoms with Crippen molar-refractivity contribution in [1.82, 2.24) is 10.3 Å². The van der Waals surface area contributed by atoms with Crippen molar-refractivity contribution in [3.05, 3.63) is 28.5 Å². The van der Waals surface area contributed by atoms with Crippen molar-refractivity contribution in [2.24, 2.45) is 0 Å². The third kappa shape index (κ3) is 2.68. The number of β-amino-alcohol motifs (C(OH)–C–C–N with tert-alkyl or cyclic N) is 1. The second-order valence-corrected chi connectivity index (χ2v) is 4.65. The Morgan fingerprint density at radius 1 is 1.60 bits per heavy atom. The number of hydrogen-bond acceptors (Lipinski definition) is 3. The topological polar surface area (TPSA) is 45.1 Å². The molecule has 2 heterocycles. The van der Waals surface area contributed by atoms with E-state index in [0.717, 1.165) is 24.2 Å². The van der Waals surface area contributed by atoms with E-state index in [0.29, 0.717) is 18.1 Å². The van der Waals surface area contributed by atoms with E-state index in [1.165, 1.54) is 0 Å². The van der Waals surface area contributed by atoms with E-state index in [1.807, 2.05) is 19.1 Å². The molecule has 1 atom stereocenters. The minimum absolute atomic E-state index is 0.500. The van der Waals surface area contributed by atoms with E-state index >= 15 is 0 Å². The third-order valence-electron chi connectivity index (χ3n) is 2.74. The fourth-order valence-corrected chi connectivity index (χ4v) is 2.33. The third-order valence-corrected chi connectivity index (χ3v) is 2.93. The summed E-state index contributed by atoms with van der Waals surface area (Å²) in [5.41, 5.74) is 1.34. The first-order valence-electron chi connectivity index (χ1n) is 5.14. The van der Waals surface area contributed by atoms with Gasteiger partial charge in [-0.2, -0.15) is 0 Å². The molecular weight excluding hydrogens is 212 g/mol. The van der Waals surface area contributed by atoms with Crippen LogP contribution < -0.4 is 5.32 Å². The molecule has 1 unspecified atom stereocenters. The molecular formula is C11H15ClN2O. The molecule has 0 bridgehead atoms. The summed E-state index contributed by atoms with van der Waals surface area (Å²) < 4.78 is 0. The van der Waals surface area contributed by atoms with E-state index in [2.05, 4.69) is 10.3 Å². The van der Waals surface area contributed by atoms with Crippen molar-refractivity contribution in [2.45, 2.75) is 25.4 Å². The van der Waals surface area contributed by atoms with E-state index in [9.17, 15) is 5.11 Å². The molecule has 1 aliphatic heterocycles. The molecule has 2 N–H and O–H groups in total. The van der Waals surface area contributed by atoms with Gasteiger partial charge in [-0.15, -0.1) is 0 Å². The number of nitrogens with zero attached hydrogens (tertiary/aromatic N) is 1. The minimum atomic E-state index is -0.614. The molecule has 82 valence electrons. The molecule has 2 rings (SSSR count). The fourth-order valence-electron chi connectivity index (χ4n) is 2.06. The highest BCUT2D eigenvalue weighted by Crippen LogP contribution is 2.22. The van der Waals surface area contributed by atoms with Gasteiger partial charge < -0.3 is 10.4 Å². The highest BCUT2D eigenvalue weighted by atomic mass is 35.5. The van der Waals surface area contributed by atoms with Crippen LogP contribution in [0.1, 0.15) is 17.7 Å². The lowest BCUT2D eigenvalue weighted by Crippen LogP contribution is -2.33. The van der Waals surface area contributed by atoms with Gasteiger partial charge in [0, 0.05) is 18.7 Å². The maximum atomic E-state index is 10.2. The average Bonchev–Trinajstić information content (AvgIpc) is 2.49. The van der Waals surface area contributed by atoms with Crippen molar-refractivity contribution in [2.75, 3.05) is 13.1 Å². The molecule has 4 heteroatoms. The van der Waals surface area contributed by atoms with Crippen LogP contribution in [0.25, 0.3) is 0 Å². The Bertz CT molecular complexity index is 341. The van der Waals surface area contributed by atoms with Gasteiger partial charge >= 0.3 is 0 Å². The zero-order valence-electron chi connectivity index (χ0n) is 8.76. The Kier molecular flexibility index (Phi) is 2.96. The average molecular weight is 227 g/mol. The number of nitrogens with one attached hydrogen (secondary N) is 1. The molecule has 0 saturated carbocycles. The normalized spacial score (nSPS) is 25.8. The van der Waals surface area contributed by atoms with Gasteiger partial charge in [-0.1, -0.05) is 11.6 Å². The summed E-state index contributed by atoms with van der Waals surface area (Å²) in [5.74, 6) is 0. The first-order valence-corrected chi connectivity index (χ1v) is 5.51. The van der Waals surface area contributed by atoms with Gasteiger partial charge in [0.2, 0.25) is 0 Å². The summed E-state index contributed by atoms with van der Waals surface area (Å²) in [6.07, 6.45) is 1.44. The number of aromatic nitrogens is 1. The number of aryl methyl sites for hydroxylation is 1. The van der Waals surface area contributed by atoms with Crippen LogP contribution in [0.2, 0.25) is 5.15 Å². The Hall–Kier alpha value is -0.640. The zero-order chi connectivity index (χ0) is 10.9. The van der Waals surface area contributed by atoms with Crippen molar-refractivity contribution < 1.29 is 5.11 Å². The molecule has 15 heavy (non-hydrogen) atoms. The summed E-state index contributed by atoms with van der Waals surface area (Å²) >= 11 is 5.87. The SMILES string of the molecule is Cc1cc(CC2(O)CCNC2)cc(Cl)n1. The first kappa shape index (κ1) is 10.9. The molecule has 1 saturated heterocycles. The summed E-state index contributed by atoms with van der Waals surface area (Å²) in [6, 6.07) is 3.80. The van der Waals surface area contributed by atoms with Crippen LogP contribution in [0.4, 0.5) is 0 Å². The predicted molar refractivity (Wildman–Crippen MR) is 60.1 cm³/mol. The fraction of sp³-hybridized carbons (Fsp3) is 0.545. The predicted octanol–water partition coefficient (Wildman–Crippen LogP) is 1.31. The van der Waals surface area contributed by atoms with Gasteiger partial charge in [0.05, 0.1) is 5.60 Å². The first-order chi connectivity index (χ1) is 7.07. The molecule has 0 spiro atoms. The van der Waals surface area contributed by atoms with Crippen LogP contribution in [0.5, 0.6) is 0 Å². The summed E-state index contributed by atoms with van der Waals surface area (Å²) in [6.45, 7) is 3.45. The number of aliphatic hydroxyl groups is 1. The molecule has 0 amide bonds. The molecule has 1 fully saturated rings. The van der Waals surface area contributed by atoms with Crippen molar-refractivity contribution >= 4 is 11.6 Å². The van der Waals surface area contributed by atoms with Crippen LogP contribution in [0, 0.1) is 6.92 Å². The molecule has 0 radical (unpaired) electrons. The quantitative estimate of drug-likeness (QED) is 0.748. The zero-order valence-corrected chi connectivity index (χ0v) is 9.51. The highest BCUT2D eigenvalue weighted by Gasteiger charge is 2.31. The lowest BCUT2D eigenvalue weighted by molar-refractivity contribution is 0.0619. The number of halogens is 1. The van der Waals surface area contributed by atoms with E-state index in [4.69, 9.17) is 11.6 Å². The van der Waals surface area contributed by atoms with Crippen molar-refractivity contribution in [3.8, 4) is 0 Å². The van der Waals surface area contributed by atoms with Crippen LogP contribution >= 0.6 is 11.6 Å². The van der Waals surface area contributed by atoms with Gasteiger partial charge in [-0.3, -0.25) is 0 Å².